The van der Waals surface area contributed by atoms with Gasteiger partial charge in [-0.25, -0.2) is 0 Å². The van der Waals surface area contributed by atoms with Crippen LogP contribution in [0.1, 0.15) is 11.1 Å². The Morgan fingerprint density at radius 1 is 0.667 bits per heavy atom. The Bertz CT molecular complexity index is 728. The highest BCUT2D eigenvalue weighted by Gasteiger charge is 2.03. The minimum atomic E-state index is 0.857. The number of hydrogen-bond donors (Lipinski definition) is 0. The standard InChI is InChI=1S/C20H18O/c1-15-8-9-16(2)20(14-15)17-10-12-19(13-11-17)21-18-6-4-3-5-7-18/h3-14H,1-2H3. The van der Waals surface area contributed by atoms with E-state index < -0.39 is 0 Å². The van der Waals surface area contributed by atoms with E-state index in [1.54, 1.807) is 0 Å². The normalized spacial score (nSPS) is 10.4. The summed E-state index contributed by atoms with van der Waals surface area (Å²) >= 11 is 0. The SMILES string of the molecule is Cc1ccc(C)c(-c2ccc(Oc3ccccc3)cc2)c1. The Kier molecular flexibility index (Phi) is 3.74. The zero-order valence-corrected chi connectivity index (χ0v) is 12.3. The third-order valence-electron chi connectivity index (χ3n) is 3.54. The molecular formula is C20H18O. The molecule has 0 aliphatic carbocycles. The number of para-hydroxylation sites is 1. The molecule has 0 atom stereocenters. The molecule has 104 valence electrons. The molecule has 0 fully saturated rings. The van der Waals surface area contributed by atoms with Crippen molar-refractivity contribution in [1.29, 1.82) is 0 Å². The molecule has 3 rings (SSSR count). The molecular weight excluding hydrogens is 256 g/mol. The molecule has 0 aromatic heterocycles. The van der Waals surface area contributed by atoms with Crippen molar-refractivity contribution in [1.82, 2.24) is 0 Å². The first kappa shape index (κ1) is 13.4. The maximum Gasteiger partial charge on any atom is 0.127 e. The minimum absolute atomic E-state index is 0.857. The van der Waals surface area contributed by atoms with Crippen molar-refractivity contribution in [3.63, 3.8) is 0 Å². The van der Waals surface area contributed by atoms with Crippen molar-refractivity contribution >= 4 is 0 Å². The van der Waals surface area contributed by atoms with E-state index in [2.05, 4.69) is 44.2 Å². The van der Waals surface area contributed by atoms with Gasteiger partial charge in [0.2, 0.25) is 0 Å². The quantitative estimate of drug-likeness (QED) is 0.589. The van der Waals surface area contributed by atoms with Crippen LogP contribution in [0.5, 0.6) is 11.5 Å². The van der Waals surface area contributed by atoms with E-state index in [4.69, 9.17) is 4.74 Å². The van der Waals surface area contributed by atoms with Crippen LogP contribution in [0.2, 0.25) is 0 Å². The number of benzene rings is 3. The van der Waals surface area contributed by atoms with Crippen molar-refractivity contribution < 1.29 is 4.74 Å². The van der Waals surface area contributed by atoms with Crippen LogP contribution in [0, 0.1) is 13.8 Å². The van der Waals surface area contributed by atoms with Crippen molar-refractivity contribution in [3.8, 4) is 22.6 Å². The molecule has 0 bridgehead atoms. The van der Waals surface area contributed by atoms with E-state index >= 15 is 0 Å². The average molecular weight is 274 g/mol. The highest BCUT2D eigenvalue weighted by molar-refractivity contribution is 5.68. The van der Waals surface area contributed by atoms with Gasteiger partial charge in [-0.05, 0) is 54.8 Å². The van der Waals surface area contributed by atoms with Gasteiger partial charge in [-0.2, -0.15) is 0 Å². The summed E-state index contributed by atoms with van der Waals surface area (Å²) < 4.78 is 5.82. The maximum atomic E-state index is 5.82. The smallest absolute Gasteiger partial charge is 0.127 e. The van der Waals surface area contributed by atoms with Crippen molar-refractivity contribution in [2.75, 3.05) is 0 Å². The highest BCUT2D eigenvalue weighted by Crippen LogP contribution is 2.28. The van der Waals surface area contributed by atoms with E-state index in [1.165, 1.54) is 22.3 Å². The fourth-order valence-corrected chi connectivity index (χ4v) is 2.37. The first-order valence-electron chi connectivity index (χ1n) is 7.13. The molecule has 3 aromatic carbocycles. The van der Waals surface area contributed by atoms with Crippen LogP contribution in [-0.2, 0) is 0 Å². The predicted molar refractivity (Wildman–Crippen MR) is 87.9 cm³/mol. The Morgan fingerprint density at radius 2 is 1.33 bits per heavy atom. The van der Waals surface area contributed by atoms with Crippen LogP contribution < -0.4 is 4.74 Å². The lowest BCUT2D eigenvalue weighted by Gasteiger charge is -2.09. The Labute approximate surface area is 125 Å². The first-order valence-corrected chi connectivity index (χ1v) is 7.13. The zero-order valence-electron chi connectivity index (χ0n) is 12.3. The van der Waals surface area contributed by atoms with E-state index in [0.29, 0.717) is 0 Å². The van der Waals surface area contributed by atoms with Crippen LogP contribution >= 0.6 is 0 Å². The minimum Gasteiger partial charge on any atom is -0.457 e. The molecule has 21 heavy (non-hydrogen) atoms. The predicted octanol–water partition coefficient (Wildman–Crippen LogP) is 5.76. The second kappa shape index (κ2) is 5.84. The van der Waals surface area contributed by atoms with E-state index in [9.17, 15) is 0 Å². The molecule has 0 saturated carbocycles. The second-order valence-corrected chi connectivity index (χ2v) is 5.26. The largest absolute Gasteiger partial charge is 0.457 e. The van der Waals surface area contributed by atoms with Crippen LogP contribution in [0.25, 0.3) is 11.1 Å². The second-order valence-electron chi connectivity index (χ2n) is 5.26. The van der Waals surface area contributed by atoms with Gasteiger partial charge in [-0.15, -0.1) is 0 Å². The van der Waals surface area contributed by atoms with Crippen molar-refractivity contribution in [2.24, 2.45) is 0 Å². The molecule has 0 unspecified atom stereocenters. The zero-order chi connectivity index (χ0) is 14.7. The summed E-state index contributed by atoms with van der Waals surface area (Å²) in [4.78, 5) is 0. The molecule has 1 heteroatoms. The van der Waals surface area contributed by atoms with Crippen molar-refractivity contribution in [2.45, 2.75) is 13.8 Å². The molecule has 0 radical (unpaired) electrons. The summed E-state index contributed by atoms with van der Waals surface area (Å²) in [5.74, 6) is 1.72. The van der Waals surface area contributed by atoms with Gasteiger partial charge in [-0.1, -0.05) is 54.1 Å². The average Bonchev–Trinajstić information content (AvgIpc) is 2.52. The number of ether oxygens (including phenoxy) is 1. The monoisotopic (exact) mass is 274 g/mol. The lowest BCUT2D eigenvalue weighted by atomic mass is 9.98. The molecule has 0 saturated heterocycles. The number of aryl methyl sites for hydroxylation is 2. The third-order valence-corrected chi connectivity index (χ3v) is 3.54. The molecule has 3 aromatic rings. The van der Waals surface area contributed by atoms with Crippen LogP contribution in [0.4, 0.5) is 0 Å². The Morgan fingerprint density at radius 3 is 2.05 bits per heavy atom. The summed E-state index contributed by atoms with van der Waals surface area (Å²) in [7, 11) is 0. The highest BCUT2D eigenvalue weighted by atomic mass is 16.5. The summed E-state index contributed by atoms with van der Waals surface area (Å²) in [6.45, 7) is 4.26. The number of hydrogen-bond acceptors (Lipinski definition) is 1. The summed E-state index contributed by atoms with van der Waals surface area (Å²) in [6, 6.07) is 24.6. The lowest BCUT2D eigenvalue weighted by Crippen LogP contribution is -1.86. The van der Waals surface area contributed by atoms with Crippen LogP contribution in [0.3, 0.4) is 0 Å². The lowest BCUT2D eigenvalue weighted by molar-refractivity contribution is 0.483. The third kappa shape index (κ3) is 3.14. The van der Waals surface area contributed by atoms with Gasteiger partial charge in [0.15, 0.2) is 0 Å². The molecule has 0 aliphatic heterocycles. The van der Waals surface area contributed by atoms with Crippen LogP contribution in [0.15, 0.2) is 72.8 Å². The topological polar surface area (TPSA) is 9.23 Å². The maximum absolute atomic E-state index is 5.82. The fraction of sp³-hybridized carbons (Fsp3) is 0.100. The Balaban J connectivity index is 1.85. The summed E-state index contributed by atoms with van der Waals surface area (Å²) in [6.07, 6.45) is 0. The molecule has 0 aliphatic rings. The Hall–Kier alpha value is -2.54. The molecule has 0 amide bonds. The summed E-state index contributed by atoms with van der Waals surface area (Å²) in [5.41, 5.74) is 5.07. The molecule has 0 N–H and O–H groups in total. The first-order chi connectivity index (χ1) is 10.2. The fourth-order valence-electron chi connectivity index (χ4n) is 2.37. The van der Waals surface area contributed by atoms with Gasteiger partial charge < -0.3 is 4.74 Å². The molecule has 0 spiro atoms. The van der Waals surface area contributed by atoms with Gasteiger partial charge >= 0.3 is 0 Å². The van der Waals surface area contributed by atoms with Gasteiger partial charge in [-0.3, -0.25) is 0 Å². The van der Waals surface area contributed by atoms with E-state index in [0.717, 1.165) is 11.5 Å². The molecule has 0 heterocycles. The van der Waals surface area contributed by atoms with E-state index in [1.807, 2.05) is 42.5 Å². The van der Waals surface area contributed by atoms with Gasteiger partial charge in [0.05, 0.1) is 0 Å². The van der Waals surface area contributed by atoms with Crippen LogP contribution in [-0.4, -0.2) is 0 Å². The molecule has 1 nitrogen and oxygen atoms in total. The van der Waals surface area contributed by atoms with Gasteiger partial charge in [0.25, 0.3) is 0 Å². The van der Waals surface area contributed by atoms with Crippen molar-refractivity contribution in [3.05, 3.63) is 83.9 Å². The van der Waals surface area contributed by atoms with Gasteiger partial charge in [0.1, 0.15) is 11.5 Å². The van der Waals surface area contributed by atoms with E-state index in [-0.39, 0.29) is 0 Å². The van der Waals surface area contributed by atoms with Gasteiger partial charge in [0, 0.05) is 0 Å². The summed E-state index contributed by atoms with van der Waals surface area (Å²) in [5, 5.41) is 0. The number of rotatable bonds is 3.